The summed E-state index contributed by atoms with van der Waals surface area (Å²) in [5.74, 6) is 1.09. The quantitative estimate of drug-likeness (QED) is 0.430. The second kappa shape index (κ2) is 10.3. The van der Waals surface area contributed by atoms with Crippen LogP contribution in [0.25, 0.3) is 0 Å². The molecule has 0 aliphatic heterocycles. The van der Waals surface area contributed by atoms with Crippen LogP contribution in [0.5, 0.6) is 17.2 Å². The van der Waals surface area contributed by atoms with E-state index in [1.54, 1.807) is 19.2 Å². The number of ether oxygens (including phenoxy) is 3. The maximum Gasteiger partial charge on any atom is 0.146 e. The van der Waals surface area contributed by atoms with E-state index < -0.39 is 5.82 Å². The van der Waals surface area contributed by atoms with E-state index in [4.69, 9.17) is 37.4 Å². The van der Waals surface area contributed by atoms with Crippen molar-refractivity contribution in [3.8, 4) is 17.2 Å². The lowest BCUT2D eigenvalue weighted by Crippen LogP contribution is -1.94. The summed E-state index contributed by atoms with van der Waals surface area (Å²) in [6.45, 7) is 2.49. The zero-order chi connectivity index (χ0) is 18.3. The topological polar surface area (TPSA) is 27.7 Å². The molecule has 2 rings (SSSR count). The second-order valence-electron chi connectivity index (χ2n) is 4.26. The van der Waals surface area contributed by atoms with E-state index >= 15 is 0 Å². The third-order valence-electron chi connectivity index (χ3n) is 2.67. The fourth-order valence-corrected chi connectivity index (χ4v) is 2.88. The Morgan fingerprint density at radius 1 is 0.875 bits per heavy atom. The number of methoxy groups -OCH3 is 2. The van der Waals surface area contributed by atoms with Crippen molar-refractivity contribution >= 4 is 55.1 Å². The minimum Gasteiger partial charge on any atom is -0.495 e. The molecule has 0 saturated carbocycles. The van der Waals surface area contributed by atoms with Gasteiger partial charge in [-0.25, -0.2) is 4.39 Å². The van der Waals surface area contributed by atoms with Gasteiger partial charge in [-0.05, 0) is 31.2 Å². The summed E-state index contributed by atoms with van der Waals surface area (Å²) in [5.41, 5.74) is 0. The van der Waals surface area contributed by atoms with Crippen molar-refractivity contribution in [3.63, 3.8) is 0 Å². The van der Waals surface area contributed by atoms with Crippen LogP contribution < -0.4 is 14.2 Å². The molecular weight excluding hydrogens is 490 g/mol. The standard InChI is InChI=1S/C9H10BrClO2.C7H5BrClFO/c1-3-13-8-5-6(10)4-7(12-2)9(8)11;1-11-6-3-4(8)2-5(10)7(6)9/h4-5H,3H2,1-2H3;2-3H,1H3. The maximum absolute atomic E-state index is 12.8. The minimum absolute atomic E-state index is 0.00991. The lowest BCUT2D eigenvalue weighted by Gasteiger charge is -2.09. The monoisotopic (exact) mass is 502 g/mol. The van der Waals surface area contributed by atoms with Crippen molar-refractivity contribution in [1.82, 2.24) is 0 Å². The molecule has 0 aliphatic carbocycles. The first kappa shape index (κ1) is 21.4. The zero-order valence-electron chi connectivity index (χ0n) is 13.1. The van der Waals surface area contributed by atoms with Crippen LogP contribution in [-0.4, -0.2) is 20.8 Å². The Morgan fingerprint density at radius 3 is 1.83 bits per heavy atom. The maximum atomic E-state index is 12.8. The normalized spacial score (nSPS) is 9.83. The van der Waals surface area contributed by atoms with Gasteiger partial charge in [0.2, 0.25) is 0 Å². The van der Waals surface area contributed by atoms with Crippen LogP contribution >= 0.6 is 55.1 Å². The van der Waals surface area contributed by atoms with Gasteiger partial charge in [-0.3, -0.25) is 0 Å². The summed E-state index contributed by atoms with van der Waals surface area (Å²) >= 11 is 18.0. The summed E-state index contributed by atoms with van der Waals surface area (Å²) in [4.78, 5) is 0. The average molecular weight is 505 g/mol. The van der Waals surface area contributed by atoms with Crippen molar-refractivity contribution in [2.24, 2.45) is 0 Å². The highest BCUT2D eigenvalue weighted by Gasteiger charge is 2.09. The lowest BCUT2D eigenvalue weighted by molar-refractivity contribution is 0.336. The largest absolute Gasteiger partial charge is 0.495 e. The van der Waals surface area contributed by atoms with E-state index in [0.29, 0.717) is 33.4 Å². The molecule has 0 unspecified atom stereocenters. The fraction of sp³-hybridized carbons (Fsp3) is 0.250. The summed E-state index contributed by atoms with van der Waals surface area (Å²) in [7, 11) is 3.01. The van der Waals surface area contributed by atoms with Gasteiger partial charge in [0, 0.05) is 8.95 Å². The highest BCUT2D eigenvalue weighted by Crippen LogP contribution is 2.37. The molecule has 0 fully saturated rings. The van der Waals surface area contributed by atoms with E-state index in [1.807, 2.05) is 13.0 Å². The predicted octanol–water partition coefficient (Wildman–Crippen LogP) is 6.76. The molecule has 0 atom stereocenters. The second-order valence-corrected chi connectivity index (χ2v) is 6.84. The van der Waals surface area contributed by atoms with Gasteiger partial charge in [-0.1, -0.05) is 55.1 Å². The van der Waals surface area contributed by atoms with E-state index in [2.05, 4.69) is 31.9 Å². The summed E-state index contributed by atoms with van der Waals surface area (Å²) in [6.07, 6.45) is 0. The average Bonchev–Trinajstić information content (AvgIpc) is 2.54. The van der Waals surface area contributed by atoms with Crippen LogP contribution in [0.3, 0.4) is 0 Å². The summed E-state index contributed by atoms with van der Waals surface area (Å²) in [6, 6.07) is 6.50. The van der Waals surface area contributed by atoms with Gasteiger partial charge in [0.25, 0.3) is 0 Å². The van der Waals surface area contributed by atoms with Crippen molar-refractivity contribution in [3.05, 3.63) is 49.1 Å². The van der Waals surface area contributed by atoms with Gasteiger partial charge in [0.05, 0.1) is 20.8 Å². The predicted molar refractivity (Wildman–Crippen MR) is 103 cm³/mol. The Hall–Kier alpha value is -0.690. The molecular formula is C16H15Br2Cl2FO3. The Labute approximate surface area is 167 Å². The molecule has 2 aromatic carbocycles. The van der Waals surface area contributed by atoms with Gasteiger partial charge >= 0.3 is 0 Å². The number of hydrogen-bond donors (Lipinski definition) is 0. The molecule has 132 valence electrons. The minimum atomic E-state index is -0.488. The van der Waals surface area contributed by atoms with Crippen LogP contribution in [-0.2, 0) is 0 Å². The number of hydrogen-bond acceptors (Lipinski definition) is 3. The van der Waals surface area contributed by atoms with E-state index in [-0.39, 0.29) is 5.02 Å². The van der Waals surface area contributed by atoms with Crippen LogP contribution in [0.15, 0.2) is 33.2 Å². The molecule has 0 spiro atoms. The van der Waals surface area contributed by atoms with Gasteiger partial charge in [-0.15, -0.1) is 0 Å². The van der Waals surface area contributed by atoms with E-state index in [9.17, 15) is 4.39 Å². The molecule has 0 aliphatic rings. The Kier molecular flexibility index (Phi) is 9.19. The van der Waals surface area contributed by atoms with Crippen LogP contribution in [0.2, 0.25) is 10.0 Å². The zero-order valence-corrected chi connectivity index (χ0v) is 17.8. The SMILES string of the molecule is CCOc1cc(Br)cc(OC)c1Cl.COc1cc(Br)cc(F)c1Cl. The third-order valence-corrected chi connectivity index (χ3v) is 4.32. The van der Waals surface area contributed by atoms with E-state index in [0.717, 1.165) is 4.47 Å². The van der Waals surface area contributed by atoms with Crippen molar-refractivity contribution in [2.75, 3.05) is 20.8 Å². The molecule has 0 heterocycles. The number of halogens is 5. The van der Waals surface area contributed by atoms with Crippen LogP contribution in [0, 0.1) is 5.82 Å². The molecule has 0 radical (unpaired) electrons. The van der Waals surface area contributed by atoms with Gasteiger partial charge in [-0.2, -0.15) is 0 Å². The molecule has 0 amide bonds. The molecule has 3 nitrogen and oxygen atoms in total. The van der Waals surface area contributed by atoms with Crippen molar-refractivity contribution in [1.29, 1.82) is 0 Å². The molecule has 2 aromatic rings. The fourth-order valence-electron chi connectivity index (χ4n) is 1.63. The first-order chi connectivity index (χ1) is 11.3. The van der Waals surface area contributed by atoms with Gasteiger partial charge < -0.3 is 14.2 Å². The first-order valence-electron chi connectivity index (χ1n) is 6.68. The summed E-state index contributed by atoms with van der Waals surface area (Å²) < 4.78 is 29.5. The smallest absolute Gasteiger partial charge is 0.146 e. The molecule has 0 bridgehead atoms. The van der Waals surface area contributed by atoms with Crippen molar-refractivity contribution in [2.45, 2.75) is 6.92 Å². The highest BCUT2D eigenvalue weighted by atomic mass is 79.9. The van der Waals surface area contributed by atoms with Gasteiger partial charge in [0.1, 0.15) is 33.1 Å². The Bertz CT molecular complexity index is 700. The molecule has 0 N–H and O–H groups in total. The Balaban J connectivity index is 0.000000243. The highest BCUT2D eigenvalue weighted by molar-refractivity contribution is 9.10. The third kappa shape index (κ3) is 5.99. The Morgan fingerprint density at radius 2 is 1.33 bits per heavy atom. The molecule has 8 heteroatoms. The summed E-state index contributed by atoms with van der Waals surface area (Å²) in [5, 5.41) is 0.517. The molecule has 24 heavy (non-hydrogen) atoms. The van der Waals surface area contributed by atoms with Crippen LogP contribution in [0.1, 0.15) is 6.92 Å². The first-order valence-corrected chi connectivity index (χ1v) is 9.02. The van der Waals surface area contributed by atoms with Crippen molar-refractivity contribution < 1.29 is 18.6 Å². The van der Waals surface area contributed by atoms with Crippen LogP contribution in [0.4, 0.5) is 4.39 Å². The number of rotatable bonds is 4. The lowest BCUT2D eigenvalue weighted by atomic mass is 10.3. The molecule has 0 aromatic heterocycles. The van der Waals surface area contributed by atoms with Gasteiger partial charge in [0.15, 0.2) is 0 Å². The molecule has 0 saturated heterocycles. The van der Waals surface area contributed by atoms with E-state index in [1.165, 1.54) is 13.2 Å². The number of benzene rings is 2.